The van der Waals surface area contributed by atoms with Gasteiger partial charge in [-0.3, -0.25) is 9.59 Å². The molecule has 3 rings (SSSR count). The van der Waals surface area contributed by atoms with Crippen LogP contribution in [-0.2, 0) is 16.1 Å². The third-order valence-corrected chi connectivity index (χ3v) is 5.55. The monoisotopic (exact) mass is 387 g/mol. The number of thiophene rings is 1. The number of carbonyl (C=O) groups excluding carboxylic acids is 2. The zero-order valence-corrected chi connectivity index (χ0v) is 16.3. The largest absolute Gasteiger partial charge is 0.474 e. The van der Waals surface area contributed by atoms with E-state index in [-0.39, 0.29) is 30.4 Å². The summed E-state index contributed by atoms with van der Waals surface area (Å²) in [6.07, 6.45) is 6.62. The van der Waals surface area contributed by atoms with Crippen molar-refractivity contribution in [3.63, 3.8) is 0 Å². The molecule has 144 valence electrons. The van der Waals surface area contributed by atoms with Crippen molar-refractivity contribution in [2.45, 2.75) is 57.7 Å². The molecule has 0 unspecified atom stereocenters. The van der Waals surface area contributed by atoms with Crippen LogP contribution in [0.3, 0.4) is 0 Å². The van der Waals surface area contributed by atoms with E-state index in [2.05, 4.69) is 15.6 Å². The fourth-order valence-electron chi connectivity index (χ4n) is 3.24. The molecule has 0 bridgehead atoms. The molecular weight excluding hydrogens is 362 g/mol. The fraction of sp³-hybridized carbons (Fsp3) is 0.450. The Kier molecular flexibility index (Phi) is 6.81. The highest BCUT2D eigenvalue weighted by atomic mass is 32.1. The van der Waals surface area contributed by atoms with E-state index in [0.29, 0.717) is 12.4 Å². The molecule has 1 fully saturated rings. The quantitative estimate of drug-likeness (QED) is 0.728. The molecule has 2 heterocycles. The molecule has 1 atom stereocenters. The lowest BCUT2D eigenvalue weighted by molar-refractivity contribution is -0.122. The van der Waals surface area contributed by atoms with Crippen LogP contribution in [0.1, 0.15) is 55.5 Å². The number of rotatable bonds is 8. The number of nitrogens with zero attached hydrogens (tertiary/aromatic N) is 1. The van der Waals surface area contributed by atoms with Crippen LogP contribution in [-0.4, -0.2) is 22.9 Å². The van der Waals surface area contributed by atoms with Crippen molar-refractivity contribution in [3.8, 4) is 5.88 Å². The molecular formula is C20H25N3O3S. The first kappa shape index (κ1) is 19.4. The molecule has 2 N–H and O–H groups in total. The van der Waals surface area contributed by atoms with Gasteiger partial charge in [-0.05, 0) is 43.2 Å². The molecule has 0 spiro atoms. The topological polar surface area (TPSA) is 80.3 Å². The molecule has 27 heavy (non-hydrogen) atoms. The van der Waals surface area contributed by atoms with Gasteiger partial charge in [-0.25, -0.2) is 4.98 Å². The number of carbonyl (C=O) groups is 2. The Hall–Kier alpha value is -2.41. The summed E-state index contributed by atoms with van der Waals surface area (Å²) in [4.78, 5) is 29.2. The highest BCUT2D eigenvalue weighted by molar-refractivity contribution is 7.10. The zero-order chi connectivity index (χ0) is 19.1. The maximum absolute atomic E-state index is 12.4. The Morgan fingerprint density at radius 3 is 2.81 bits per heavy atom. The summed E-state index contributed by atoms with van der Waals surface area (Å²) < 4.78 is 6.01. The number of pyridine rings is 1. The Morgan fingerprint density at radius 1 is 1.30 bits per heavy atom. The molecule has 0 saturated heterocycles. The van der Waals surface area contributed by atoms with Crippen LogP contribution in [0.15, 0.2) is 35.8 Å². The van der Waals surface area contributed by atoms with Crippen LogP contribution in [0.4, 0.5) is 0 Å². The number of ether oxygens (including phenoxy) is 1. The average molecular weight is 388 g/mol. The van der Waals surface area contributed by atoms with Crippen LogP contribution >= 0.6 is 11.3 Å². The summed E-state index contributed by atoms with van der Waals surface area (Å²) in [6, 6.07) is 7.28. The van der Waals surface area contributed by atoms with Gasteiger partial charge in [0.25, 0.3) is 0 Å². The molecule has 7 heteroatoms. The van der Waals surface area contributed by atoms with E-state index in [4.69, 9.17) is 4.74 Å². The number of aromatic nitrogens is 1. The van der Waals surface area contributed by atoms with Crippen LogP contribution in [0, 0.1) is 0 Å². The zero-order valence-electron chi connectivity index (χ0n) is 15.4. The maximum Gasteiger partial charge on any atom is 0.222 e. The van der Waals surface area contributed by atoms with Gasteiger partial charge in [0.2, 0.25) is 17.7 Å². The van der Waals surface area contributed by atoms with Gasteiger partial charge in [-0.1, -0.05) is 12.1 Å². The summed E-state index contributed by atoms with van der Waals surface area (Å²) >= 11 is 1.52. The molecule has 0 aliphatic heterocycles. The van der Waals surface area contributed by atoms with Crippen LogP contribution in [0.5, 0.6) is 5.88 Å². The van der Waals surface area contributed by atoms with Crippen molar-refractivity contribution in [1.29, 1.82) is 0 Å². The minimum absolute atomic E-state index is 0.127. The van der Waals surface area contributed by atoms with Gasteiger partial charge >= 0.3 is 0 Å². The summed E-state index contributed by atoms with van der Waals surface area (Å²) in [7, 11) is 0. The summed E-state index contributed by atoms with van der Waals surface area (Å²) in [5.41, 5.74) is 0.866. The third kappa shape index (κ3) is 5.79. The molecule has 1 aliphatic rings. The first-order valence-corrected chi connectivity index (χ1v) is 10.2. The van der Waals surface area contributed by atoms with E-state index in [1.807, 2.05) is 29.6 Å². The average Bonchev–Trinajstić information content (AvgIpc) is 3.34. The Bertz CT molecular complexity index is 758. The van der Waals surface area contributed by atoms with E-state index >= 15 is 0 Å². The van der Waals surface area contributed by atoms with Gasteiger partial charge in [0.1, 0.15) is 6.10 Å². The van der Waals surface area contributed by atoms with E-state index < -0.39 is 0 Å². The first-order chi connectivity index (χ1) is 13.1. The minimum Gasteiger partial charge on any atom is -0.474 e. The van der Waals surface area contributed by atoms with Gasteiger partial charge in [0.05, 0.1) is 12.5 Å². The predicted molar refractivity (Wildman–Crippen MR) is 104 cm³/mol. The Labute approximate surface area is 163 Å². The normalized spacial score (nSPS) is 15.3. The minimum atomic E-state index is -0.314. The predicted octanol–water partition coefficient (Wildman–Crippen LogP) is 3.35. The maximum atomic E-state index is 12.4. The second-order valence-corrected chi connectivity index (χ2v) is 7.72. The second-order valence-electron chi connectivity index (χ2n) is 6.74. The summed E-state index contributed by atoms with van der Waals surface area (Å²) in [6.45, 7) is 1.81. The number of hydrogen-bond donors (Lipinski definition) is 2. The molecule has 0 radical (unpaired) electrons. The van der Waals surface area contributed by atoms with Gasteiger partial charge < -0.3 is 15.4 Å². The van der Waals surface area contributed by atoms with E-state index in [9.17, 15) is 9.59 Å². The lowest BCUT2D eigenvalue weighted by Gasteiger charge is -2.17. The van der Waals surface area contributed by atoms with E-state index in [0.717, 1.165) is 23.3 Å². The van der Waals surface area contributed by atoms with Crippen LogP contribution < -0.4 is 15.4 Å². The fourth-order valence-corrected chi connectivity index (χ4v) is 4.02. The third-order valence-electron chi connectivity index (χ3n) is 4.56. The van der Waals surface area contributed by atoms with Crippen molar-refractivity contribution in [2.24, 2.45) is 0 Å². The van der Waals surface area contributed by atoms with Crippen LogP contribution in [0.2, 0.25) is 0 Å². The molecule has 2 amide bonds. The molecule has 1 aliphatic carbocycles. The molecule has 2 aromatic rings. The Balaban J connectivity index is 1.57. The number of nitrogens with one attached hydrogen (secondary N) is 2. The number of hydrogen-bond acceptors (Lipinski definition) is 5. The standard InChI is InChI=1S/C20H25N3O3S/c1-14(24)23-17(18-9-5-11-27-18)12-19(25)22-13-15-6-4-10-21-20(15)26-16-7-2-3-8-16/h4-6,9-11,16-17H,2-3,7-8,12-13H2,1H3,(H,22,25)(H,23,24)/t17-/m1/s1. The second kappa shape index (κ2) is 9.50. The van der Waals surface area contributed by atoms with E-state index in [1.165, 1.54) is 31.1 Å². The summed E-state index contributed by atoms with van der Waals surface area (Å²) in [5.74, 6) is 0.319. The molecule has 2 aromatic heterocycles. The van der Waals surface area contributed by atoms with Gasteiger partial charge in [0, 0.05) is 30.1 Å². The van der Waals surface area contributed by atoms with Crippen molar-refractivity contribution in [1.82, 2.24) is 15.6 Å². The highest BCUT2D eigenvalue weighted by Gasteiger charge is 2.20. The highest BCUT2D eigenvalue weighted by Crippen LogP contribution is 2.25. The smallest absolute Gasteiger partial charge is 0.222 e. The molecule has 6 nitrogen and oxygen atoms in total. The van der Waals surface area contributed by atoms with Crippen molar-refractivity contribution >= 4 is 23.2 Å². The summed E-state index contributed by atoms with van der Waals surface area (Å²) in [5, 5.41) is 7.70. The van der Waals surface area contributed by atoms with Crippen LogP contribution in [0.25, 0.3) is 0 Å². The molecule has 1 saturated carbocycles. The van der Waals surface area contributed by atoms with Gasteiger partial charge in [0.15, 0.2) is 0 Å². The molecule has 0 aromatic carbocycles. The van der Waals surface area contributed by atoms with E-state index in [1.54, 1.807) is 6.20 Å². The van der Waals surface area contributed by atoms with Crippen molar-refractivity contribution < 1.29 is 14.3 Å². The first-order valence-electron chi connectivity index (χ1n) is 9.29. The lowest BCUT2D eigenvalue weighted by Crippen LogP contribution is -2.32. The number of amides is 2. The van der Waals surface area contributed by atoms with Gasteiger partial charge in [-0.15, -0.1) is 11.3 Å². The SMILES string of the molecule is CC(=O)N[C@H](CC(=O)NCc1cccnc1OC1CCCC1)c1cccs1. The lowest BCUT2D eigenvalue weighted by atomic mass is 10.1. The van der Waals surface area contributed by atoms with Gasteiger partial charge in [-0.2, -0.15) is 0 Å². The van der Waals surface area contributed by atoms with Crippen molar-refractivity contribution in [2.75, 3.05) is 0 Å². The van der Waals surface area contributed by atoms with Crippen molar-refractivity contribution in [3.05, 3.63) is 46.3 Å². The Morgan fingerprint density at radius 2 is 2.11 bits per heavy atom.